The molecule has 1 aliphatic rings. The number of halogens is 1. The van der Waals surface area contributed by atoms with E-state index in [2.05, 4.69) is 15.9 Å². The van der Waals surface area contributed by atoms with Crippen molar-refractivity contribution >= 4 is 27.6 Å². The summed E-state index contributed by atoms with van der Waals surface area (Å²) in [5, 5.41) is 0.326. The van der Waals surface area contributed by atoms with Gasteiger partial charge in [-0.25, -0.2) is 0 Å². The van der Waals surface area contributed by atoms with Gasteiger partial charge in [0.15, 0.2) is 5.78 Å². The normalized spacial score (nSPS) is 18.9. The molecule has 1 aromatic carbocycles. The van der Waals surface area contributed by atoms with Gasteiger partial charge in [0.1, 0.15) is 0 Å². The number of alkyl halides is 1. The molecular formula is C14H16BrNO2. The van der Waals surface area contributed by atoms with Crippen molar-refractivity contribution in [2.24, 2.45) is 0 Å². The number of hydrogen-bond donors (Lipinski definition) is 0. The Morgan fingerprint density at radius 3 is 2.67 bits per heavy atom. The van der Waals surface area contributed by atoms with E-state index in [4.69, 9.17) is 0 Å². The van der Waals surface area contributed by atoms with Crippen LogP contribution in [0, 0.1) is 0 Å². The van der Waals surface area contributed by atoms with E-state index in [9.17, 15) is 9.59 Å². The van der Waals surface area contributed by atoms with Gasteiger partial charge in [-0.1, -0.05) is 46.3 Å². The van der Waals surface area contributed by atoms with Gasteiger partial charge in [0, 0.05) is 6.54 Å². The maximum atomic E-state index is 12.2. The van der Waals surface area contributed by atoms with Gasteiger partial charge in [-0.2, -0.15) is 0 Å². The molecule has 2 rings (SSSR count). The van der Waals surface area contributed by atoms with Gasteiger partial charge >= 0.3 is 0 Å². The van der Waals surface area contributed by atoms with E-state index in [0.717, 1.165) is 18.4 Å². The largest absolute Gasteiger partial charge is 0.332 e. The molecular weight excluding hydrogens is 294 g/mol. The maximum absolute atomic E-state index is 12.2. The fraction of sp³-hybridized carbons (Fsp3) is 0.429. The fourth-order valence-electron chi connectivity index (χ4n) is 2.36. The second kappa shape index (κ2) is 6.14. The Morgan fingerprint density at radius 2 is 2.00 bits per heavy atom. The van der Waals surface area contributed by atoms with Crippen molar-refractivity contribution in [3.8, 4) is 0 Å². The van der Waals surface area contributed by atoms with Crippen LogP contribution in [0.4, 0.5) is 0 Å². The summed E-state index contributed by atoms with van der Waals surface area (Å²) in [4.78, 5) is 25.7. The average Bonchev–Trinajstić information content (AvgIpc) is 2.88. The summed E-state index contributed by atoms with van der Waals surface area (Å²) < 4.78 is 0. The highest BCUT2D eigenvalue weighted by Crippen LogP contribution is 2.20. The molecule has 4 heteroatoms. The molecule has 0 aromatic heterocycles. The van der Waals surface area contributed by atoms with Crippen molar-refractivity contribution in [3.63, 3.8) is 0 Å². The molecule has 0 bridgehead atoms. The molecule has 18 heavy (non-hydrogen) atoms. The van der Waals surface area contributed by atoms with Gasteiger partial charge in [-0.05, 0) is 18.4 Å². The predicted octanol–water partition coefficient (Wildman–Crippen LogP) is 2.18. The predicted molar refractivity (Wildman–Crippen MR) is 73.7 cm³/mol. The number of carbonyl (C=O) groups is 2. The number of nitrogens with zero attached hydrogens (tertiary/aromatic N) is 1. The molecule has 0 N–H and O–H groups in total. The highest BCUT2D eigenvalue weighted by molar-refractivity contribution is 9.09. The van der Waals surface area contributed by atoms with Crippen molar-refractivity contribution < 1.29 is 9.59 Å². The number of hydrogen-bond acceptors (Lipinski definition) is 2. The molecule has 1 aromatic rings. The lowest BCUT2D eigenvalue weighted by Crippen LogP contribution is -2.41. The lowest BCUT2D eigenvalue weighted by atomic mass is 10.1. The molecule has 1 atom stereocenters. The first-order valence-corrected chi connectivity index (χ1v) is 7.26. The third kappa shape index (κ3) is 2.99. The van der Waals surface area contributed by atoms with Gasteiger partial charge < -0.3 is 4.90 Å². The van der Waals surface area contributed by atoms with E-state index in [1.54, 1.807) is 4.90 Å². The smallest absolute Gasteiger partial charge is 0.227 e. The summed E-state index contributed by atoms with van der Waals surface area (Å²) >= 11 is 3.18. The first-order chi connectivity index (χ1) is 8.72. The monoisotopic (exact) mass is 309 g/mol. The SMILES string of the molecule is O=C(CBr)[C@@H]1CCCN1C(=O)Cc1ccccc1. The van der Waals surface area contributed by atoms with Crippen LogP contribution in [0.3, 0.4) is 0 Å². The second-order valence-electron chi connectivity index (χ2n) is 4.51. The molecule has 1 aliphatic heterocycles. The van der Waals surface area contributed by atoms with Crippen molar-refractivity contribution in [2.75, 3.05) is 11.9 Å². The molecule has 0 radical (unpaired) electrons. The molecule has 96 valence electrons. The standard InChI is InChI=1S/C14H16BrNO2/c15-10-13(17)12-7-4-8-16(12)14(18)9-11-5-2-1-3-6-11/h1-3,5-6,12H,4,7-10H2/t12-/m0/s1. The molecule has 0 aliphatic carbocycles. The second-order valence-corrected chi connectivity index (χ2v) is 5.07. The Bertz CT molecular complexity index is 433. The third-order valence-corrected chi connectivity index (χ3v) is 3.83. The van der Waals surface area contributed by atoms with E-state index in [1.165, 1.54) is 0 Å². The minimum atomic E-state index is -0.222. The van der Waals surface area contributed by atoms with E-state index in [1.807, 2.05) is 30.3 Å². The Labute approximate surface area is 115 Å². The number of amides is 1. The lowest BCUT2D eigenvalue weighted by molar-refractivity contribution is -0.136. The molecule has 1 heterocycles. The van der Waals surface area contributed by atoms with Crippen molar-refractivity contribution in [1.82, 2.24) is 4.90 Å². The van der Waals surface area contributed by atoms with Crippen LogP contribution in [0.1, 0.15) is 18.4 Å². The van der Waals surface area contributed by atoms with E-state index < -0.39 is 0 Å². The van der Waals surface area contributed by atoms with Crippen LogP contribution < -0.4 is 0 Å². The molecule has 1 saturated heterocycles. The highest BCUT2D eigenvalue weighted by Gasteiger charge is 2.32. The van der Waals surface area contributed by atoms with Gasteiger partial charge in [0.25, 0.3) is 0 Å². The van der Waals surface area contributed by atoms with E-state index in [0.29, 0.717) is 18.3 Å². The van der Waals surface area contributed by atoms with Crippen molar-refractivity contribution in [1.29, 1.82) is 0 Å². The molecule has 0 saturated carbocycles. The summed E-state index contributed by atoms with van der Waals surface area (Å²) in [7, 11) is 0. The van der Waals surface area contributed by atoms with Crippen molar-refractivity contribution in [3.05, 3.63) is 35.9 Å². The van der Waals surface area contributed by atoms with Crippen molar-refractivity contribution in [2.45, 2.75) is 25.3 Å². The van der Waals surface area contributed by atoms with E-state index in [-0.39, 0.29) is 17.7 Å². The first kappa shape index (κ1) is 13.3. The number of rotatable bonds is 4. The fourth-order valence-corrected chi connectivity index (χ4v) is 2.73. The minimum Gasteiger partial charge on any atom is -0.332 e. The van der Waals surface area contributed by atoms with Crippen LogP contribution in [0.15, 0.2) is 30.3 Å². The molecule has 0 unspecified atom stereocenters. The zero-order valence-electron chi connectivity index (χ0n) is 10.1. The number of likely N-dealkylation sites (tertiary alicyclic amines) is 1. The summed E-state index contributed by atoms with van der Waals surface area (Å²) in [6.45, 7) is 0.703. The van der Waals surface area contributed by atoms with Crippen LogP contribution >= 0.6 is 15.9 Å². The Hall–Kier alpha value is -1.16. The zero-order valence-corrected chi connectivity index (χ0v) is 11.7. The molecule has 3 nitrogen and oxygen atoms in total. The summed E-state index contributed by atoms with van der Waals surface area (Å²) in [5.74, 6) is 0.159. The Morgan fingerprint density at radius 1 is 1.28 bits per heavy atom. The van der Waals surface area contributed by atoms with Crippen LogP contribution in [-0.2, 0) is 16.0 Å². The van der Waals surface area contributed by atoms with Crippen LogP contribution in [0.5, 0.6) is 0 Å². The van der Waals surface area contributed by atoms with Gasteiger partial charge in [0.05, 0.1) is 17.8 Å². The summed E-state index contributed by atoms with van der Waals surface area (Å²) in [5.41, 5.74) is 0.999. The highest BCUT2D eigenvalue weighted by atomic mass is 79.9. The lowest BCUT2D eigenvalue weighted by Gasteiger charge is -2.23. The number of ketones is 1. The number of benzene rings is 1. The van der Waals surface area contributed by atoms with Crippen LogP contribution in [-0.4, -0.2) is 34.5 Å². The van der Waals surface area contributed by atoms with E-state index >= 15 is 0 Å². The molecule has 1 fully saturated rings. The average molecular weight is 310 g/mol. The topological polar surface area (TPSA) is 37.4 Å². The maximum Gasteiger partial charge on any atom is 0.227 e. The Kier molecular flexibility index (Phi) is 4.53. The summed E-state index contributed by atoms with van der Waals surface area (Å²) in [6, 6.07) is 9.44. The third-order valence-electron chi connectivity index (χ3n) is 3.27. The van der Waals surface area contributed by atoms with Crippen LogP contribution in [0.25, 0.3) is 0 Å². The number of Topliss-reactive ketones (excluding diaryl/α,β-unsaturated/α-hetero) is 1. The minimum absolute atomic E-state index is 0.0537. The quantitative estimate of drug-likeness (QED) is 0.800. The molecule has 1 amide bonds. The van der Waals surface area contributed by atoms with Gasteiger partial charge in [-0.3, -0.25) is 9.59 Å². The first-order valence-electron chi connectivity index (χ1n) is 6.14. The summed E-state index contributed by atoms with van der Waals surface area (Å²) in [6.07, 6.45) is 2.10. The molecule has 0 spiro atoms. The van der Waals surface area contributed by atoms with Crippen LogP contribution in [0.2, 0.25) is 0 Å². The number of carbonyl (C=O) groups excluding carboxylic acids is 2. The Balaban J connectivity index is 2.02. The zero-order chi connectivity index (χ0) is 13.0. The van der Waals surface area contributed by atoms with Gasteiger partial charge in [0.2, 0.25) is 5.91 Å². The van der Waals surface area contributed by atoms with Gasteiger partial charge in [-0.15, -0.1) is 0 Å².